The number of fused-ring (bicyclic) bond motifs is 2. The van der Waals surface area contributed by atoms with Crippen LogP contribution in [-0.4, -0.2) is 53.0 Å². The smallest absolute Gasteiger partial charge is 0.415 e. The van der Waals surface area contributed by atoms with Crippen molar-refractivity contribution in [1.82, 2.24) is 19.9 Å². The van der Waals surface area contributed by atoms with Crippen molar-refractivity contribution in [3.05, 3.63) is 69.5 Å². The van der Waals surface area contributed by atoms with Crippen molar-refractivity contribution < 1.29 is 18.7 Å². The van der Waals surface area contributed by atoms with Crippen LogP contribution < -0.4 is 20.5 Å². The number of nitrogens with zero attached hydrogens (tertiary/aromatic N) is 4. The second-order valence-corrected chi connectivity index (χ2v) is 8.86. The third-order valence-electron chi connectivity index (χ3n) is 6.28. The summed E-state index contributed by atoms with van der Waals surface area (Å²) in [7, 11) is 1.62. The monoisotopic (exact) mass is 479 g/mol. The van der Waals surface area contributed by atoms with Crippen LogP contribution >= 0.6 is 0 Å². The quantitative estimate of drug-likeness (QED) is 0.428. The molecule has 2 aliphatic rings. The lowest BCUT2D eigenvalue weighted by molar-refractivity contribution is 0.140. The fourth-order valence-corrected chi connectivity index (χ4v) is 4.52. The standard InChI is InChI=1S/C25H26FN5O4/c1-14-10-20-21(34-13-14)6-7-22(29-20)31-12-16(35-25(31)33)11-27-9-8-17-18(26)4-5-19-23(17)30(3)24(32)15(2)28-19/h4-7,16,27H,1,8-13H2,2-3H3/t16-/m0/s1. The van der Waals surface area contributed by atoms with E-state index in [1.54, 1.807) is 26.1 Å². The van der Waals surface area contributed by atoms with Gasteiger partial charge in [-0.05, 0) is 49.7 Å². The highest BCUT2D eigenvalue weighted by Crippen LogP contribution is 2.29. The Labute approximate surface area is 201 Å². The molecule has 10 heteroatoms. The van der Waals surface area contributed by atoms with E-state index in [0.29, 0.717) is 72.9 Å². The van der Waals surface area contributed by atoms with Crippen LogP contribution in [0, 0.1) is 12.7 Å². The average molecular weight is 480 g/mol. The van der Waals surface area contributed by atoms with Gasteiger partial charge in [-0.3, -0.25) is 9.69 Å². The summed E-state index contributed by atoms with van der Waals surface area (Å²) in [4.78, 5) is 35.1. The molecule has 1 fully saturated rings. The maximum Gasteiger partial charge on any atom is 0.415 e. The Morgan fingerprint density at radius 2 is 2.06 bits per heavy atom. The summed E-state index contributed by atoms with van der Waals surface area (Å²) in [6.07, 6.45) is 0.124. The van der Waals surface area contributed by atoms with Gasteiger partial charge >= 0.3 is 6.09 Å². The van der Waals surface area contributed by atoms with Crippen LogP contribution in [0.5, 0.6) is 5.75 Å². The van der Waals surface area contributed by atoms with Crippen molar-refractivity contribution in [1.29, 1.82) is 0 Å². The number of hydrogen-bond donors (Lipinski definition) is 1. The summed E-state index contributed by atoms with van der Waals surface area (Å²) >= 11 is 0. The number of cyclic esters (lactones) is 1. The van der Waals surface area contributed by atoms with Crippen molar-refractivity contribution in [2.24, 2.45) is 7.05 Å². The molecule has 0 saturated carbocycles. The first-order valence-electron chi connectivity index (χ1n) is 11.4. The Hall–Kier alpha value is -3.79. The van der Waals surface area contributed by atoms with E-state index in [2.05, 4.69) is 21.9 Å². The Morgan fingerprint density at radius 3 is 2.89 bits per heavy atom. The number of rotatable bonds is 6. The number of ether oxygens (including phenoxy) is 2. The van der Waals surface area contributed by atoms with Crippen molar-refractivity contribution >= 4 is 22.9 Å². The van der Waals surface area contributed by atoms with E-state index in [4.69, 9.17) is 9.47 Å². The topological polar surface area (TPSA) is 98.6 Å². The summed E-state index contributed by atoms with van der Waals surface area (Å²) in [5.41, 5.74) is 3.30. The second-order valence-electron chi connectivity index (χ2n) is 8.86. The average Bonchev–Trinajstić information content (AvgIpc) is 3.21. The second kappa shape index (κ2) is 9.10. The minimum atomic E-state index is -0.462. The molecule has 0 spiro atoms. The zero-order valence-corrected chi connectivity index (χ0v) is 19.6. The molecule has 1 aromatic carbocycles. The van der Waals surface area contributed by atoms with Gasteiger partial charge in [-0.25, -0.2) is 19.2 Å². The van der Waals surface area contributed by atoms with Gasteiger partial charge in [-0.15, -0.1) is 0 Å². The van der Waals surface area contributed by atoms with Crippen LogP contribution in [0.4, 0.5) is 15.0 Å². The summed E-state index contributed by atoms with van der Waals surface area (Å²) in [6, 6.07) is 6.51. The highest BCUT2D eigenvalue weighted by atomic mass is 19.1. The molecule has 1 amide bonds. The van der Waals surface area contributed by atoms with E-state index in [-0.39, 0.29) is 17.5 Å². The van der Waals surface area contributed by atoms with Crippen molar-refractivity contribution in [2.45, 2.75) is 25.9 Å². The zero-order valence-electron chi connectivity index (χ0n) is 19.6. The molecule has 2 aliphatic heterocycles. The lowest BCUT2D eigenvalue weighted by atomic mass is 10.1. The number of anilines is 1. The first kappa shape index (κ1) is 23.0. The van der Waals surface area contributed by atoms with E-state index < -0.39 is 6.09 Å². The SMILES string of the molecule is C=C1COc2ccc(N3C[C@H](CNCCc4c(F)ccc5nc(C)c(=O)n(C)c45)OC3=O)nc2C1. The first-order valence-corrected chi connectivity index (χ1v) is 11.4. The molecular weight excluding hydrogens is 453 g/mol. The molecule has 182 valence electrons. The van der Waals surface area contributed by atoms with Crippen molar-refractivity contribution in [3.63, 3.8) is 0 Å². The molecule has 2 aromatic heterocycles. The molecule has 5 rings (SSSR count). The molecule has 0 unspecified atom stereocenters. The predicted molar refractivity (Wildman–Crippen MR) is 128 cm³/mol. The molecular formula is C25H26FN5O4. The summed E-state index contributed by atoms with van der Waals surface area (Å²) in [6.45, 7) is 7.24. The van der Waals surface area contributed by atoms with Gasteiger partial charge in [0.1, 0.15) is 35.8 Å². The summed E-state index contributed by atoms with van der Waals surface area (Å²) < 4.78 is 27.2. The Bertz CT molecular complexity index is 1400. The maximum atomic E-state index is 14.6. The number of aryl methyl sites for hydroxylation is 2. The van der Waals surface area contributed by atoms with Gasteiger partial charge in [0.25, 0.3) is 5.56 Å². The van der Waals surface area contributed by atoms with Gasteiger partial charge in [0, 0.05) is 25.6 Å². The molecule has 0 bridgehead atoms. The first-order chi connectivity index (χ1) is 16.8. The zero-order chi connectivity index (χ0) is 24.7. The van der Waals surface area contributed by atoms with Gasteiger partial charge in [-0.1, -0.05) is 6.58 Å². The van der Waals surface area contributed by atoms with Crippen LogP contribution in [0.1, 0.15) is 17.0 Å². The number of hydrogen-bond acceptors (Lipinski definition) is 7. The van der Waals surface area contributed by atoms with E-state index in [1.165, 1.54) is 15.5 Å². The van der Waals surface area contributed by atoms with E-state index in [1.807, 2.05) is 6.07 Å². The molecule has 35 heavy (non-hydrogen) atoms. The van der Waals surface area contributed by atoms with Gasteiger partial charge < -0.3 is 19.4 Å². The van der Waals surface area contributed by atoms with Gasteiger partial charge in [0.2, 0.25) is 0 Å². The number of carbonyl (C=O) groups is 1. The molecule has 1 atom stereocenters. The summed E-state index contributed by atoms with van der Waals surface area (Å²) in [5, 5.41) is 3.23. The number of aromatic nitrogens is 3. The lowest BCUT2D eigenvalue weighted by Crippen LogP contribution is -2.32. The molecule has 3 aromatic rings. The van der Waals surface area contributed by atoms with Crippen LogP contribution in [0.3, 0.4) is 0 Å². The maximum absolute atomic E-state index is 14.6. The number of benzene rings is 1. The van der Waals surface area contributed by atoms with E-state index in [9.17, 15) is 14.0 Å². The lowest BCUT2D eigenvalue weighted by Gasteiger charge is -2.20. The molecule has 9 nitrogen and oxygen atoms in total. The highest BCUT2D eigenvalue weighted by molar-refractivity contribution is 5.88. The minimum absolute atomic E-state index is 0.248. The van der Waals surface area contributed by atoms with E-state index >= 15 is 0 Å². The fraction of sp³-hybridized carbons (Fsp3) is 0.360. The third-order valence-corrected chi connectivity index (χ3v) is 6.28. The predicted octanol–water partition coefficient (Wildman–Crippen LogP) is 2.42. The molecule has 0 aliphatic carbocycles. The van der Waals surface area contributed by atoms with Gasteiger partial charge in [0.05, 0.1) is 23.3 Å². The van der Waals surface area contributed by atoms with Crippen LogP contribution in [0.25, 0.3) is 11.0 Å². The summed E-state index contributed by atoms with van der Waals surface area (Å²) in [5.74, 6) is 0.829. The number of nitrogens with one attached hydrogen (secondary N) is 1. The van der Waals surface area contributed by atoms with E-state index in [0.717, 1.165) is 11.3 Å². The molecule has 0 radical (unpaired) electrons. The van der Waals surface area contributed by atoms with Crippen molar-refractivity contribution in [3.8, 4) is 5.75 Å². The number of amides is 1. The Kier molecular flexibility index (Phi) is 5.98. The highest BCUT2D eigenvalue weighted by Gasteiger charge is 2.33. The normalized spacial score (nSPS) is 17.5. The molecule has 1 saturated heterocycles. The Balaban J connectivity index is 1.22. The number of pyridine rings is 1. The van der Waals surface area contributed by atoms with Crippen LogP contribution in [0.2, 0.25) is 0 Å². The number of halogens is 1. The molecule has 4 heterocycles. The van der Waals surface area contributed by atoms with Crippen LogP contribution in [-0.2, 0) is 24.6 Å². The third kappa shape index (κ3) is 4.37. The van der Waals surface area contributed by atoms with Crippen LogP contribution in [0.15, 0.2) is 41.2 Å². The number of carbonyl (C=O) groups excluding carboxylic acids is 1. The van der Waals surface area contributed by atoms with Gasteiger partial charge in [0.15, 0.2) is 0 Å². The van der Waals surface area contributed by atoms with Gasteiger partial charge in [-0.2, -0.15) is 0 Å². The van der Waals surface area contributed by atoms with Crippen molar-refractivity contribution in [2.75, 3.05) is 31.1 Å². The Morgan fingerprint density at radius 1 is 1.23 bits per heavy atom. The largest absolute Gasteiger partial charge is 0.487 e. The fourth-order valence-electron chi connectivity index (χ4n) is 4.52. The molecule has 1 N–H and O–H groups in total. The minimum Gasteiger partial charge on any atom is -0.487 e.